The number of nitrogens with zero attached hydrogens (tertiary/aromatic N) is 3. The van der Waals surface area contributed by atoms with Gasteiger partial charge in [-0.3, -0.25) is 14.5 Å². The molecule has 0 saturated heterocycles. The van der Waals surface area contributed by atoms with Crippen LogP contribution >= 0.6 is 0 Å². The molecule has 2 heterocycles. The highest BCUT2D eigenvalue weighted by atomic mass is 16.5. The molecule has 1 amide bonds. The molecule has 24 heavy (non-hydrogen) atoms. The first-order valence-electron chi connectivity index (χ1n) is 8.20. The highest BCUT2D eigenvalue weighted by molar-refractivity contribution is 5.78. The number of hydrogen-bond donors (Lipinski definition) is 2. The van der Waals surface area contributed by atoms with E-state index >= 15 is 0 Å². The van der Waals surface area contributed by atoms with Crippen molar-refractivity contribution in [2.45, 2.75) is 38.3 Å². The molecule has 1 unspecified atom stereocenters. The fraction of sp³-hybridized carbons (Fsp3) is 0.471. The average molecular weight is 329 g/mol. The fourth-order valence-corrected chi connectivity index (χ4v) is 2.99. The molecule has 0 bridgehead atoms. The van der Waals surface area contributed by atoms with Crippen LogP contribution in [0.5, 0.6) is 0 Å². The van der Waals surface area contributed by atoms with Crippen molar-refractivity contribution in [3.63, 3.8) is 0 Å². The quantitative estimate of drug-likeness (QED) is 0.831. The molecule has 7 nitrogen and oxygen atoms in total. The number of fused-ring (bicyclic) bond motifs is 1. The standard InChI is InChI=1S/C17H23N5O2/c1-24-8-7-22-11-12-3-2-4-15(17(12)21-22)20-16(23)9-14-6-5-13(18)10-19-14/h5-6,10-11,15H,2-4,7-9,18H2,1H3,(H,20,23). The maximum Gasteiger partial charge on any atom is 0.226 e. The summed E-state index contributed by atoms with van der Waals surface area (Å²) >= 11 is 0. The Kier molecular flexibility index (Phi) is 5.10. The lowest BCUT2D eigenvalue weighted by molar-refractivity contribution is -0.121. The topological polar surface area (TPSA) is 95.1 Å². The highest BCUT2D eigenvalue weighted by Gasteiger charge is 2.25. The van der Waals surface area contributed by atoms with Crippen molar-refractivity contribution in [2.24, 2.45) is 0 Å². The number of nitrogens with two attached hydrogens (primary N) is 1. The van der Waals surface area contributed by atoms with Crippen LogP contribution in [0, 0.1) is 0 Å². The first-order chi connectivity index (χ1) is 11.7. The van der Waals surface area contributed by atoms with Crippen molar-refractivity contribution in [2.75, 3.05) is 19.5 Å². The molecule has 2 aromatic rings. The number of carbonyl (C=O) groups excluding carboxylic acids is 1. The third-order valence-corrected chi connectivity index (χ3v) is 4.19. The Morgan fingerprint density at radius 3 is 3.12 bits per heavy atom. The van der Waals surface area contributed by atoms with Crippen molar-refractivity contribution < 1.29 is 9.53 Å². The lowest BCUT2D eigenvalue weighted by Crippen LogP contribution is -2.32. The molecule has 3 rings (SSSR count). The second-order valence-corrected chi connectivity index (χ2v) is 6.07. The Bertz CT molecular complexity index is 696. The number of anilines is 1. The Morgan fingerprint density at radius 1 is 1.50 bits per heavy atom. The van der Waals surface area contributed by atoms with Crippen LogP contribution in [-0.4, -0.2) is 34.4 Å². The van der Waals surface area contributed by atoms with Crippen LogP contribution in [0.3, 0.4) is 0 Å². The monoisotopic (exact) mass is 329 g/mol. The molecule has 0 spiro atoms. The van der Waals surface area contributed by atoms with Gasteiger partial charge in [0, 0.05) is 19.0 Å². The van der Waals surface area contributed by atoms with Crippen LogP contribution in [-0.2, 0) is 28.9 Å². The molecule has 0 fully saturated rings. The second kappa shape index (κ2) is 7.44. The molecule has 0 saturated carbocycles. The number of methoxy groups -OCH3 is 1. The summed E-state index contributed by atoms with van der Waals surface area (Å²) in [6.07, 6.45) is 6.85. The van der Waals surface area contributed by atoms with Gasteiger partial charge in [-0.15, -0.1) is 0 Å². The van der Waals surface area contributed by atoms with Gasteiger partial charge >= 0.3 is 0 Å². The summed E-state index contributed by atoms with van der Waals surface area (Å²) in [4.78, 5) is 16.5. The molecule has 1 aliphatic carbocycles. The predicted molar refractivity (Wildman–Crippen MR) is 90.3 cm³/mol. The third-order valence-electron chi connectivity index (χ3n) is 4.19. The molecule has 7 heteroatoms. The van der Waals surface area contributed by atoms with Crippen LogP contribution in [0.2, 0.25) is 0 Å². The van der Waals surface area contributed by atoms with Crippen molar-refractivity contribution >= 4 is 11.6 Å². The van der Waals surface area contributed by atoms with Gasteiger partial charge in [-0.25, -0.2) is 0 Å². The zero-order chi connectivity index (χ0) is 16.9. The van der Waals surface area contributed by atoms with Crippen LogP contribution in [0.1, 0.15) is 35.8 Å². The van der Waals surface area contributed by atoms with Gasteiger partial charge in [-0.1, -0.05) is 0 Å². The number of hydrogen-bond acceptors (Lipinski definition) is 5. The van der Waals surface area contributed by atoms with Crippen molar-refractivity contribution in [1.82, 2.24) is 20.1 Å². The summed E-state index contributed by atoms with van der Waals surface area (Å²) in [7, 11) is 1.68. The molecular weight excluding hydrogens is 306 g/mol. The smallest absolute Gasteiger partial charge is 0.226 e. The van der Waals surface area contributed by atoms with Gasteiger partial charge < -0.3 is 15.8 Å². The maximum absolute atomic E-state index is 12.3. The van der Waals surface area contributed by atoms with Crippen molar-refractivity contribution in [3.8, 4) is 0 Å². The third kappa shape index (κ3) is 3.91. The number of carbonyl (C=O) groups is 1. The van der Waals surface area contributed by atoms with Gasteiger partial charge in [0.05, 0.1) is 43.2 Å². The van der Waals surface area contributed by atoms with E-state index in [1.54, 1.807) is 25.4 Å². The first kappa shape index (κ1) is 16.4. The van der Waals surface area contributed by atoms with Crippen LogP contribution in [0.15, 0.2) is 24.5 Å². The lowest BCUT2D eigenvalue weighted by atomic mass is 9.93. The summed E-state index contributed by atoms with van der Waals surface area (Å²) < 4.78 is 7.00. The molecule has 0 radical (unpaired) electrons. The van der Waals surface area contributed by atoms with Gasteiger partial charge in [-0.05, 0) is 37.0 Å². The van der Waals surface area contributed by atoms with Gasteiger partial charge in [0.25, 0.3) is 0 Å². The number of ether oxygens (including phenoxy) is 1. The molecule has 128 valence electrons. The van der Waals surface area contributed by atoms with E-state index < -0.39 is 0 Å². The van der Waals surface area contributed by atoms with Crippen molar-refractivity contribution in [3.05, 3.63) is 41.5 Å². The van der Waals surface area contributed by atoms with E-state index in [4.69, 9.17) is 10.5 Å². The van der Waals surface area contributed by atoms with Crippen LogP contribution in [0.4, 0.5) is 5.69 Å². The number of aromatic nitrogens is 3. The zero-order valence-electron chi connectivity index (χ0n) is 13.9. The molecule has 3 N–H and O–H groups in total. The fourth-order valence-electron chi connectivity index (χ4n) is 2.99. The number of nitrogen functional groups attached to an aromatic ring is 1. The minimum absolute atomic E-state index is 0.0289. The van der Waals surface area contributed by atoms with Crippen LogP contribution < -0.4 is 11.1 Å². The summed E-state index contributed by atoms with van der Waals surface area (Å²) in [6, 6.07) is 3.51. The van der Waals surface area contributed by atoms with E-state index in [0.29, 0.717) is 18.0 Å². The molecule has 1 atom stereocenters. The molecular formula is C17H23N5O2. The van der Waals surface area contributed by atoms with Gasteiger partial charge in [-0.2, -0.15) is 5.10 Å². The largest absolute Gasteiger partial charge is 0.397 e. The van der Waals surface area contributed by atoms with E-state index in [0.717, 1.165) is 31.5 Å². The van der Waals surface area contributed by atoms with E-state index in [1.807, 2.05) is 4.68 Å². The molecule has 1 aliphatic rings. The summed E-state index contributed by atoms with van der Waals surface area (Å²) in [5.41, 5.74) is 9.12. The number of rotatable bonds is 6. The Balaban J connectivity index is 1.64. The average Bonchev–Trinajstić information content (AvgIpc) is 2.99. The van der Waals surface area contributed by atoms with Crippen molar-refractivity contribution in [1.29, 1.82) is 0 Å². The van der Waals surface area contributed by atoms with E-state index in [-0.39, 0.29) is 18.4 Å². The maximum atomic E-state index is 12.3. The van der Waals surface area contributed by atoms with E-state index in [9.17, 15) is 4.79 Å². The predicted octanol–water partition coefficient (Wildman–Crippen LogP) is 1.24. The molecule has 0 aliphatic heterocycles. The number of pyridine rings is 1. The molecule has 0 aromatic carbocycles. The van der Waals surface area contributed by atoms with Gasteiger partial charge in [0.2, 0.25) is 5.91 Å². The number of aryl methyl sites for hydroxylation is 1. The molecule has 2 aromatic heterocycles. The number of nitrogens with one attached hydrogen (secondary N) is 1. The summed E-state index contributed by atoms with van der Waals surface area (Å²) in [5.74, 6) is -0.0448. The van der Waals surface area contributed by atoms with Crippen LogP contribution in [0.25, 0.3) is 0 Å². The van der Waals surface area contributed by atoms with Gasteiger partial charge in [0.1, 0.15) is 0 Å². The Hall–Kier alpha value is -2.41. The SMILES string of the molecule is COCCn1cc2c(n1)C(NC(=O)Cc1ccc(N)cn1)CCC2. The second-order valence-electron chi connectivity index (χ2n) is 6.07. The lowest BCUT2D eigenvalue weighted by Gasteiger charge is -2.22. The minimum atomic E-state index is -0.0448. The normalized spacial score (nSPS) is 16.6. The van der Waals surface area contributed by atoms with E-state index in [2.05, 4.69) is 21.6 Å². The Labute approximate surface area is 141 Å². The van der Waals surface area contributed by atoms with E-state index in [1.165, 1.54) is 5.56 Å². The minimum Gasteiger partial charge on any atom is -0.397 e. The van der Waals surface area contributed by atoms with Gasteiger partial charge in [0.15, 0.2) is 0 Å². The Morgan fingerprint density at radius 2 is 2.38 bits per heavy atom. The highest BCUT2D eigenvalue weighted by Crippen LogP contribution is 2.28. The first-order valence-corrected chi connectivity index (χ1v) is 8.20. The zero-order valence-corrected chi connectivity index (χ0v) is 13.9. The summed E-state index contributed by atoms with van der Waals surface area (Å²) in [6.45, 7) is 1.35. The number of amides is 1. The summed E-state index contributed by atoms with van der Waals surface area (Å²) in [5, 5.41) is 7.72.